The molecular formula is C18H25N3O2. The molecule has 1 aromatic heterocycles. The van der Waals surface area contributed by atoms with Crippen LogP contribution in [-0.4, -0.2) is 24.0 Å². The van der Waals surface area contributed by atoms with E-state index in [-0.39, 0.29) is 5.91 Å². The molecule has 1 amide bonds. The van der Waals surface area contributed by atoms with Crippen LogP contribution >= 0.6 is 0 Å². The zero-order chi connectivity index (χ0) is 16.2. The van der Waals surface area contributed by atoms with Gasteiger partial charge in [0, 0.05) is 18.5 Å². The smallest absolute Gasteiger partial charge is 0.224 e. The van der Waals surface area contributed by atoms with Gasteiger partial charge in [0.05, 0.1) is 0 Å². The van der Waals surface area contributed by atoms with Gasteiger partial charge in [0.25, 0.3) is 0 Å². The standard InChI is InChI=1S/C18H25N3O2/c1-3-18-21-15-11-14(4-5-16(15)23-18)20-17(22)10-12(2)13-6-8-19-9-7-13/h4-5,11-13,19H,3,6-10H2,1-2H3,(H,20,22). The highest BCUT2D eigenvalue weighted by Crippen LogP contribution is 2.25. The van der Waals surface area contributed by atoms with Gasteiger partial charge in [-0.2, -0.15) is 0 Å². The fourth-order valence-corrected chi connectivity index (χ4v) is 3.29. The number of aromatic nitrogens is 1. The molecular weight excluding hydrogens is 290 g/mol. The lowest BCUT2D eigenvalue weighted by Crippen LogP contribution is -2.32. The van der Waals surface area contributed by atoms with Crippen molar-refractivity contribution >= 4 is 22.7 Å². The number of anilines is 1. The lowest BCUT2D eigenvalue weighted by Gasteiger charge is -2.27. The summed E-state index contributed by atoms with van der Waals surface area (Å²) in [5, 5.41) is 6.37. The van der Waals surface area contributed by atoms with Gasteiger partial charge in [0.1, 0.15) is 5.52 Å². The maximum Gasteiger partial charge on any atom is 0.224 e. The Bertz CT molecular complexity index is 674. The van der Waals surface area contributed by atoms with E-state index in [1.165, 1.54) is 12.8 Å². The van der Waals surface area contributed by atoms with Crippen molar-refractivity contribution in [2.75, 3.05) is 18.4 Å². The van der Waals surface area contributed by atoms with E-state index >= 15 is 0 Å². The molecule has 1 saturated heterocycles. The van der Waals surface area contributed by atoms with Gasteiger partial charge in [0.15, 0.2) is 11.5 Å². The fraction of sp³-hybridized carbons (Fsp3) is 0.556. The largest absolute Gasteiger partial charge is 0.441 e. The molecule has 0 radical (unpaired) electrons. The molecule has 1 aromatic carbocycles. The first kappa shape index (κ1) is 16.0. The summed E-state index contributed by atoms with van der Waals surface area (Å²) in [4.78, 5) is 16.7. The van der Waals surface area contributed by atoms with Crippen LogP contribution < -0.4 is 10.6 Å². The molecule has 0 bridgehead atoms. The van der Waals surface area contributed by atoms with E-state index < -0.39 is 0 Å². The topological polar surface area (TPSA) is 67.2 Å². The van der Waals surface area contributed by atoms with Crippen molar-refractivity contribution in [3.05, 3.63) is 24.1 Å². The maximum absolute atomic E-state index is 12.3. The van der Waals surface area contributed by atoms with Crippen LogP contribution in [0.4, 0.5) is 5.69 Å². The highest BCUT2D eigenvalue weighted by molar-refractivity contribution is 5.92. The van der Waals surface area contributed by atoms with Gasteiger partial charge in [-0.05, 0) is 56.0 Å². The quantitative estimate of drug-likeness (QED) is 0.888. The third-order valence-electron chi connectivity index (χ3n) is 4.71. The van der Waals surface area contributed by atoms with Gasteiger partial charge in [-0.25, -0.2) is 4.98 Å². The zero-order valence-electron chi connectivity index (χ0n) is 13.9. The van der Waals surface area contributed by atoms with Gasteiger partial charge < -0.3 is 15.1 Å². The maximum atomic E-state index is 12.3. The van der Waals surface area contributed by atoms with Crippen LogP contribution in [0.25, 0.3) is 11.1 Å². The summed E-state index contributed by atoms with van der Waals surface area (Å²) in [6.45, 7) is 6.33. The highest BCUT2D eigenvalue weighted by atomic mass is 16.3. The molecule has 23 heavy (non-hydrogen) atoms. The number of carbonyl (C=O) groups excluding carboxylic acids is 1. The Balaban J connectivity index is 1.60. The molecule has 124 valence electrons. The average Bonchev–Trinajstić information content (AvgIpc) is 2.98. The molecule has 5 heteroatoms. The van der Waals surface area contributed by atoms with Crippen molar-refractivity contribution < 1.29 is 9.21 Å². The van der Waals surface area contributed by atoms with Crippen molar-refractivity contribution in [3.63, 3.8) is 0 Å². The first-order chi connectivity index (χ1) is 11.2. The van der Waals surface area contributed by atoms with E-state index in [9.17, 15) is 4.79 Å². The summed E-state index contributed by atoms with van der Waals surface area (Å²) in [6, 6.07) is 5.62. The number of nitrogens with one attached hydrogen (secondary N) is 2. The Morgan fingerprint density at radius 3 is 2.96 bits per heavy atom. The van der Waals surface area contributed by atoms with Crippen molar-refractivity contribution in [2.24, 2.45) is 11.8 Å². The Labute approximate surface area is 136 Å². The van der Waals surface area contributed by atoms with Crippen LogP contribution in [0, 0.1) is 11.8 Å². The molecule has 3 rings (SSSR count). The monoisotopic (exact) mass is 315 g/mol. The average molecular weight is 315 g/mol. The molecule has 1 atom stereocenters. The lowest BCUT2D eigenvalue weighted by atomic mass is 9.84. The van der Waals surface area contributed by atoms with E-state index in [2.05, 4.69) is 22.5 Å². The molecule has 0 aliphatic carbocycles. The Morgan fingerprint density at radius 2 is 2.22 bits per heavy atom. The minimum atomic E-state index is 0.0783. The number of fused-ring (bicyclic) bond motifs is 1. The van der Waals surface area contributed by atoms with Crippen molar-refractivity contribution in [1.82, 2.24) is 10.3 Å². The number of nitrogens with zero attached hydrogens (tertiary/aromatic N) is 1. The SMILES string of the molecule is CCc1nc2cc(NC(=O)CC(C)C3CCNCC3)ccc2o1. The van der Waals surface area contributed by atoms with Crippen LogP contribution in [0.5, 0.6) is 0 Å². The van der Waals surface area contributed by atoms with E-state index in [0.29, 0.717) is 18.3 Å². The molecule has 2 N–H and O–H groups in total. The molecule has 5 nitrogen and oxygen atoms in total. The number of rotatable bonds is 5. The molecule has 0 saturated carbocycles. The van der Waals surface area contributed by atoms with Crippen molar-refractivity contribution in [3.8, 4) is 0 Å². The van der Waals surface area contributed by atoms with Crippen LogP contribution in [0.15, 0.2) is 22.6 Å². The Morgan fingerprint density at radius 1 is 1.43 bits per heavy atom. The van der Waals surface area contributed by atoms with Crippen LogP contribution in [0.1, 0.15) is 39.0 Å². The van der Waals surface area contributed by atoms with Gasteiger partial charge in [-0.15, -0.1) is 0 Å². The van der Waals surface area contributed by atoms with Gasteiger partial charge in [-0.3, -0.25) is 4.79 Å². The predicted octanol–water partition coefficient (Wildman–Crippen LogP) is 3.35. The normalized spacial score (nSPS) is 17.3. The lowest BCUT2D eigenvalue weighted by molar-refractivity contribution is -0.117. The van der Waals surface area contributed by atoms with Crippen molar-refractivity contribution in [1.29, 1.82) is 0 Å². The van der Waals surface area contributed by atoms with E-state index in [4.69, 9.17) is 4.42 Å². The first-order valence-electron chi connectivity index (χ1n) is 8.55. The minimum Gasteiger partial charge on any atom is -0.441 e. The number of aryl methyl sites for hydroxylation is 1. The van der Waals surface area contributed by atoms with E-state index in [1.54, 1.807) is 0 Å². The molecule has 2 aromatic rings. The second-order valence-corrected chi connectivity index (χ2v) is 6.46. The Hall–Kier alpha value is -1.88. The predicted molar refractivity (Wildman–Crippen MR) is 91.4 cm³/mol. The molecule has 2 heterocycles. The third kappa shape index (κ3) is 3.91. The van der Waals surface area contributed by atoms with Gasteiger partial charge in [-0.1, -0.05) is 13.8 Å². The van der Waals surface area contributed by atoms with Crippen molar-refractivity contribution in [2.45, 2.75) is 39.5 Å². The van der Waals surface area contributed by atoms with E-state index in [1.807, 2.05) is 25.1 Å². The summed E-state index contributed by atoms with van der Waals surface area (Å²) < 4.78 is 5.59. The van der Waals surface area contributed by atoms with Gasteiger partial charge >= 0.3 is 0 Å². The third-order valence-corrected chi connectivity index (χ3v) is 4.71. The minimum absolute atomic E-state index is 0.0783. The summed E-state index contributed by atoms with van der Waals surface area (Å²) in [5.41, 5.74) is 2.35. The van der Waals surface area contributed by atoms with E-state index in [0.717, 1.165) is 42.2 Å². The molecule has 0 spiro atoms. The van der Waals surface area contributed by atoms with Crippen LogP contribution in [0.2, 0.25) is 0 Å². The molecule has 1 fully saturated rings. The highest BCUT2D eigenvalue weighted by Gasteiger charge is 2.22. The number of benzene rings is 1. The number of piperidine rings is 1. The molecule has 1 unspecified atom stereocenters. The van der Waals surface area contributed by atoms with Crippen LogP contribution in [0.3, 0.4) is 0 Å². The number of carbonyl (C=O) groups is 1. The Kier molecular flexibility index (Phi) is 4.96. The van der Waals surface area contributed by atoms with Crippen LogP contribution in [-0.2, 0) is 11.2 Å². The molecule has 1 aliphatic heterocycles. The number of amides is 1. The second kappa shape index (κ2) is 7.13. The first-order valence-corrected chi connectivity index (χ1v) is 8.55. The number of hydrogen-bond donors (Lipinski definition) is 2. The fourth-order valence-electron chi connectivity index (χ4n) is 3.29. The molecule has 1 aliphatic rings. The summed E-state index contributed by atoms with van der Waals surface area (Å²) in [5.74, 6) is 1.87. The summed E-state index contributed by atoms with van der Waals surface area (Å²) in [7, 11) is 0. The zero-order valence-corrected chi connectivity index (χ0v) is 13.9. The summed E-state index contributed by atoms with van der Waals surface area (Å²) in [6.07, 6.45) is 3.67. The second-order valence-electron chi connectivity index (χ2n) is 6.46. The van der Waals surface area contributed by atoms with Gasteiger partial charge in [0.2, 0.25) is 5.91 Å². The summed E-state index contributed by atoms with van der Waals surface area (Å²) >= 11 is 0. The number of hydrogen-bond acceptors (Lipinski definition) is 4. The number of oxazole rings is 1.